The first kappa shape index (κ1) is 18.8. The highest BCUT2D eigenvalue weighted by molar-refractivity contribution is 5.83. The van der Waals surface area contributed by atoms with Crippen molar-refractivity contribution in [2.24, 2.45) is 0 Å². The molecule has 142 valence electrons. The molecule has 0 N–H and O–H groups in total. The van der Waals surface area contributed by atoms with Gasteiger partial charge in [0.2, 0.25) is 0 Å². The Bertz CT molecular complexity index is 835. The number of halogens is 3. The van der Waals surface area contributed by atoms with E-state index in [1.165, 1.54) is 10.7 Å². The number of benzene rings is 1. The minimum absolute atomic E-state index is 0.0772. The third-order valence-corrected chi connectivity index (χ3v) is 5.44. The summed E-state index contributed by atoms with van der Waals surface area (Å²) >= 11 is 0. The average Bonchev–Trinajstić information content (AvgIpc) is 2.97. The summed E-state index contributed by atoms with van der Waals surface area (Å²) in [6, 6.07) is 7.10. The standard InChI is InChI=1S/C20H25F3N2O/c1-3-10-19(11-4-2)12-7-13-24(19)25-17-9-6-5-8-15(17)16(14-18(25)26)20(21,22)23/h5-6,8-9,14H,3-4,7,10-13H2,1-2H3. The van der Waals surface area contributed by atoms with Crippen LogP contribution in [0.1, 0.15) is 57.9 Å². The fourth-order valence-corrected chi connectivity index (χ4v) is 4.55. The van der Waals surface area contributed by atoms with Gasteiger partial charge in [0.25, 0.3) is 5.56 Å². The molecule has 0 amide bonds. The smallest absolute Gasteiger partial charge is 0.303 e. The molecule has 1 saturated heterocycles. The van der Waals surface area contributed by atoms with E-state index in [0.29, 0.717) is 12.1 Å². The highest BCUT2D eigenvalue weighted by atomic mass is 19.4. The van der Waals surface area contributed by atoms with E-state index in [0.717, 1.165) is 44.6 Å². The Morgan fingerprint density at radius 3 is 2.38 bits per heavy atom. The molecule has 3 nitrogen and oxygen atoms in total. The summed E-state index contributed by atoms with van der Waals surface area (Å²) in [6.45, 7) is 4.92. The van der Waals surface area contributed by atoms with E-state index in [-0.39, 0.29) is 10.9 Å². The molecule has 0 unspecified atom stereocenters. The lowest BCUT2D eigenvalue weighted by Gasteiger charge is -2.41. The molecule has 0 bridgehead atoms. The van der Waals surface area contributed by atoms with E-state index in [4.69, 9.17) is 0 Å². The minimum atomic E-state index is -4.55. The molecule has 0 radical (unpaired) electrons. The quantitative estimate of drug-likeness (QED) is 0.736. The Hall–Kier alpha value is -1.98. The Morgan fingerprint density at radius 1 is 1.12 bits per heavy atom. The van der Waals surface area contributed by atoms with Crippen LogP contribution in [0.3, 0.4) is 0 Å². The zero-order valence-electron chi connectivity index (χ0n) is 15.3. The number of hydrogen-bond donors (Lipinski definition) is 0. The maximum Gasteiger partial charge on any atom is 0.417 e. The van der Waals surface area contributed by atoms with Crippen LogP contribution in [0, 0.1) is 0 Å². The second-order valence-electron chi connectivity index (χ2n) is 7.17. The average molecular weight is 366 g/mol. The molecule has 0 saturated carbocycles. The van der Waals surface area contributed by atoms with Gasteiger partial charge in [0, 0.05) is 18.0 Å². The molecular formula is C20H25F3N2O. The van der Waals surface area contributed by atoms with Gasteiger partial charge in [-0.05, 0) is 31.7 Å². The number of aromatic nitrogens is 1. The van der Waals surface area contributed by atoms with Crippen molar-refractivity contribution in [3.8, 4) is 0 Å². The third-order valence-electron chi connectivity index (χ3n) is 5.44. The number of fused-ring (bicyclic) bond motifs is 1. The molecule has 1 fully saturated rings. The lowest BCUT2D eigenvalue weighted by molar-refractivity contribution is -0.136. The van der Waals surface area contributed by atoms with Crippen molar-refractivity contribution in [2.45, 2.75) is 64.1 Å². The van der Waals surface area contributed by atoms with Crippen molar-refractivity contribution in [3.63, 3.8) is 0 Å². The van der Waals surface area contributed by atoms with Gasteiger partial charge in [0.05, 0.1) is 16.6 Å². The first-order valence-corrected chi connectivity index (χ1v) is 9.34. The van der Waals surface area contributed by atoms with Crippen LogP contribution in [0.25, 0.3) is 10.9 Å². The van der Waals surface area contributed by atoms with E-state index in [1.54, 1.807) is 18.2 Å². The number of nitrogens with zero attached hydrogens (tertiary/aromatic N) is 2. The van der Waals surface area contributed by atoms with E-state index < -0.39 is 17.3 Å². The molecule has 6 heteroatoms. The normalized spacial score (nSPS) is 17.2. The van der Waals surface area contributed by atoms with Gasteiger partial charge >= 0.3 is 6.18 Å². The number of para-hydroxylation sites is 1. The van der Waals surface area contributed by atoms with Crippen LogP contribution in [0.5, 0.6) is 0 Å². The van der Waals surface area contributed by atoms with Crippen LogP contribution < -0.4 is 10.6 Å². The lowest BCUT2D eigenvalue weighted by atomic mass is 9.87. The van der Waals surface area contributed by atoms with Crippen molar-refractivity contribution in [3.05, 3.63) is 46.2 Å². The lowest BCUT2D eigenvalue weighted by Crippen LogP contribution is -2.54. The predicted molar refractivity (Wildman–Crippen MR) is 98.1 cm³/mol. The molecule has 1 aliphatic rings. The highest BCUT2D eigenvalue weighted by Crippen LogP contribution is 2.38. The summed E-state index contributed by atoms with van der Waals surface area (Å²) in [5.74, 6) is 0. The SMILES string of the molecule is CCCC1(CCC)CCCN1n1c(=O)cc(C(F)(F)F)c2ccccc21. The maximum atomic E-state index is 13.4. The van der Waals surface area contributed by atoms with Crippen molar-refractivity contribution in [2.75, 3.05) is 11.6 Å². The molecule has 3 rings (SSSR count). The topological polar surface area (TPSA) is 25.2 Å². The summed E-state index contributed by atoms with van der Waals surface area (Å²) in [6.07, 6.45) is 1.18. The molecule has 1 aromatic carbocycles. The molecular weight excluding hydrogens is 341 g/mol. The van der Waals surface area contributed by atoms with Crippen molar-refractivity contribution in [1.82, 2.24) is 4.68 Å². The van der Waals surface area contributed by atoms with Gasteiger partial charge in [-0.15, -0.1) is 0 Å². The molecule has 0 aliphatic carbocycles. The fraction of sp³-hybridized carbons (Fsp3) is 0.550. The third kappa shape index (κ3) is 3.10. The zero-order valence-corrected chi connectivity index (χ0v) is 15.3. The number of pyridine rings is 1. The highest BCUT2D eigenvalue weighted by Gasteiger charge is 2.41. The monoisotopic (exact) mass is 366 g/mol. The minimum Gasteiger partial charge on any atom is -0.303 e. The second kappa shape index (κ2) is 6.97. The molecule has 2 heterocycles. The summed E-state index contributed by atoms with van der Waals surface area (Å²) in [7, 11) is 0. The first-order chi connectivity index (χ1) is 12.3. The fourth-order valence-electron chi connectivity index (χ4n) is 4.55. The predicted octanol–water partition coefficient (Wildman–Crippen LogP) is 5.09. The van der Waals surface area contributed by atoms with Gasteiger partial charge < -0.3 is 5.01 Å². The molecule has 2 aromatic rings. The Morgan fingerprint density at radius 2 is 1.77 bits per heavy atom. The van der Waals surface area contributed by atoms with Crippen molar-refractivity contribution >= 4 is 10.9 Å². The van der Waals surface area contributed by atoms with Gasteiger partial charge in [0.1, 0.15) is 0 Å². The second-order valence-corrected chi connectivity index (χ2v) is 7.17. The largest absolute Gasteiger partial charge is 0.417 e. The van der Waals surface area contributed by atoms with E-state index in [1.807, 2.05) is 5.01 Å². The molecule has 26 heavy (non-hydrogen) atoms. The number of rotatable bonds is 5. The van der Waals surface area contributed by atoms with Crippen LogP contribution in [-0.4, -0.2) is 16.8 Å². The Kier molecular flexibility index (Phi) is 5.04. The van der Waals surface area contributed by atoms with E-state index in [2.05, 4.69) is 13.8 Å². The van der Waals surface area contributed by atoms with Crippen LogP contribution in [0.15, 0.2) is 35.1 Å². The number of hydrogen-bond acceptors (Lipinski definition) is 2. The van der Waals surface area contributed by atoms with Crippen molar-refractivity contribution in [1.29, 1.82) is 0 Å². The molecule has 1 aliphatic heterocycles. The van der Waals surface area contributed by atoms with Gasteiger partial charge in [-0.3, -0.25) is 4.79 Å². The van der Waals surface area contributed by atoms with Crippen molar-refractivity contribution < 1.29 is 13.2 Å². The van der Waals surface area contributed by atoms with Gasteiger partial charge in [0.15, 0.2) is 0 Å². The Labute approximate surface area is 151 Å². The van der Waals surface area contributed by atoms with Gasteiger partial charge in [-0.1, -0.05) is 44.9 Å². The van der Waals surface area contributed by atoms with E-state index >= 15 is 0 Å². The summed E-state index contributed by atoms with van der Waals surface area (Å²) in [4.78, 5) is 12.8. The maximum absolute atomic E-state index is 13.4. The molecule has 0 atom stereocenters. The van der Waals surface area contributed by atoms with Crippen LogP contribution in [0.2, 0.25) is 0 Å². The summed E-state index contributed by atoms with van der Waals surface area (Å²) in [5, 5.41) is 2.12. The summed E-state index contributed by atoms with van der Waals surface area (Å²) < 4.78 is 41.8. The summed E-state index contributed by atoms with van der Waals surface area (Å²) in [5.41, 5.74) is -1.28. The van der Waals surface area contributed by atoms with E-state index in [9.17, 15) is 18.0 Å². The molecule has 1 aromatic heterocycles. The van der Waals surface area contributed by atoms with Crippen LogP contribution >= 0.6 is 0 Å². The van der Waals surface area contributed by atoms with Gasteiger partial charge in [-0.25, -0.2) is 4.68 Å². The number of alkyl halides is 3. The van der Waals surface area contributed by atoms with Crippen LogP contribution in [-0.2, 0) is 6.18 Å². The van der Waals surface area contributed by atoms with Crippen LogP contribution in [0.4, 0.5) is 13.2 Å². The Balaban J connectivity index is 2.26. The molecule has 0 spiro atoms. The first-order valence-electron chi connectivity index (χ1n) is 9.34. The zero-order chi connectivity index (χ0) is 18.9. The van der Waals surface area contributed by atoms with Gasteiger partial charge in [-0.2, -0.15) is 13.2 Å².